The van der Waals surface area contributed by atoms with Crippen LogP contribution in [0, 0.1) is 17.0 Å². The SMILES string of the molecule is Cc1ccc(NC(=O)c2ccc(CN)cc2)cc1[N+](=O)[O-]. The molecule has 0 bridgehead atoms. The van der Waals surface area contributed by atoms with Gasteiger partial charge in [0.05, 0.1) is 4.92 Å². The van der Waals surface area contributed by atoms with E-state index < -0.39 is 4.92 Å². The highest BCUT2D eigenvalue weighted by atomic mass is 16.6. The van der Waals surface area contributed by atoms with Gasteiger partial charge in [0.1, 0.15) is 0 Å². The van der Waals surface area contributed by atoms with Crippen molar-refractivity contribution in [2.45, 2.75) is 13.5 Å². The van der Waals surface area contributed by atoms with Crippen molar-refractivity contribution in [2.24, 2.45) is 5.73 Å². The molecule has 108 valence electrons. The summed E-state index contributed by atoms with van der Waals surface area (Å²) in [4.78, 5) is 22.5. The van der Waals surface area contributed by atoms with E-state index in [0.717, 1.165) is 5.56 Å². The molecule has 0 spiro atoms. The summed E-state index contributed by atoms with van der Waals surface area (Å²) in [7, 11) is 0. The first-order chi connectivity index (χ1) is 10.0. The van der Waals surface area contributed by atoms with Crippen LogP contribution < -0.4 is 11.1 Å². The molecule has 0 fully saturated rings. The van der Waals surface area contributed by atoms with Crippen LogP contribution in [0.1, 0.15) is 21.5 Å². The van der Waals surface area contributed by atoms with Gasteiger partial charge in [-0.15, -0.1) is 0 Å². The zero-order chi connectivity index (χ0) is 15.4. The van der Waals surface area contributed by atoms with E-state index in [1.807, 2.05) is 0 Å². The van der Waals surface area contributed by atoms with Crippen LogP contribution >= 0.6 is 0 Å². The van der Waals surface area contributed by atoms with Crippen molar-refractivity contribution in [3.05, 3.63) is 69.3 Å². The Hall–Kier alpha value is -2.73. The molecule has 1 amide bonds. The Balaban J connectivity index is 2.19. The standard InChI is InChI=1S/C15H15N3O3/c1-10-2-7-13(8-14(10)18(20)21)17-15(19)12-5-3-11(9-16)4-6-12/h2-8H,9,16H2,1H3,(H,17,19). The third kappa shape index (κ3) is 3.43. The molecule has 0 atom stereocenters. The Morgan fingerprint density at radius 3 is 2.48 bits per heavy atom. The van der Waals surface area contributed by atoms with Gasteiger partial charge in [-0.3, -0.25) is 14.9 Å². The molecule has 2 rings (SSSR count). The molecule has 2 aromatic rings. The fraction of sp³-hybridized carbons (Fsp3) is 0.133. The molecule has 0 aromatic heterocycles. The summed E-state index contributed by atoms with van der Waals surface area (Å²) in [5, 5.41) is 13.5. The minimum Gasteiger partial charge on any atom is -0.326 e. The Morgan fingerprint density at radius 1 is 1.24 bits per heavy atom. The first-order valence-corrected chi connectivity index (χ1v) is 6.36. The maximum Gasteiger partial charge on any atom is 0.274 e. The molecule has 0 unspecified atom stereocenters. The van der Waals surface area contributed by atoms with Gasteiger partial charge < -0.3 is 11.1 Å². The molecule has 3 N–H and O–H groups in total. The first-order valence-electron chi connectivity index (χ1n) is 6.36. The van der Waals surface area contributed by atoms with Crippen molar-refractivity contribution in [1.82, 2.24) is 0 Å². The molecule has 0 heterocycles. The van der Waals surface area contributed by atoms with Gasteiger partial charge in [-0.25, -0.2) is 0 Å². The smallest absolute Gasteiger partial charge is 0.274 e. The average Bonchev–Trinajstić information content (AvgIpc) is 2.49. The summed E-state index contributed by atoms with van der Waals surface area (Å²) in [6, 6.07) is 11.5. The Labute approximate surface area is 121 Å². The van der Waals surface area contributed by atoms with Gasteiger partial charge >= 0.3 is 0 Å². The van der Waals surface area contributed by atoms with Gasteiger partial charge in [0.15, 0.2) is 0 Å². The molecular formula is C15H15N3O3. The molecule has 0 radical (unpaired) electrons. The van der Waals surface area contributed by atoms with Gasteiger partial charge in [0.25, 0.3) is 11.6 Å². The second kappa shape index (κ2) is 6.15. The summed E-state index contributed by atoms with van der Waals surface area (Å²) < 4.78 is 0. The molecule has 0 aliphatic rings. The number of carbonyl (C=O) groups excluding carboxylic acids is 1. The summed E-state index contributed by atoms with van der Waals surface area (Å²) in [5.74, 6) is -0.322. The summed E-state index contributed by atoms with van der Waals surface area (Å²) in [6.45, 7) is 2.06. The van der Waals surface area contributed by atoms with Crippen molar-refractivity contribution < 1.29 is 9.72 Å². The number of hydrogen-bond donors (Lipinski definition) is 2. The summed E-state index contributed by atoms with van der Waals surface area (Å²) in [5.41, 5.74) is 7.80. The maximum absolute atomic E-state index is 12.1. The number of carbonyl (C=O) groups is 1. The lowest BCUT2D eigenvalue weighted by atomic mass is 10.1. The molecule has 0 saturated heterocycles. The predicted molar refractivity (Wildman–Crippen MR) is 80.1 cm³/mol. The van der Waals surface area contributed by atoms with Gasteiger partial charge in [-0.2, -0.15) is 0 Å². The van der Waals surface area contributed by atoms with Crippen LogP contribution in [0.25, 0.3) is 0 Å². The van der Waals surface area contributed by atoms with Crippen LogP contribution in [0.4, 0.5) is 11.4 Å². The number of amides is 1. The summed E-state index contributed by atoms with van der Waals surface area (Å²) in [6.07, 6.45) is 0. The van der Waals surface area contributed by atoms with E-state index in [9.17, 15) is 14.9 Å². The fourth-order valence-corrected chi connectivity index (χ4v) is 1.88. The predicted octanol–water partition coefficient (Wildman–Crippen LogP) is 2.61. The van der Waals surface area contributed by atoms with E-state index in [1.165, 1.54) is 6.07 Å². The number of nitrogens with two attached hydrogens (primary N) is 1. The number of hydrogen-bond acceptors (Lipinski definition) is 4. The van der Waals surface area contributed by atoms with Crippen LogP contribution in [0.3, 0.4) is 0 Å². The van der Waals surface area contributed by atoms with Gasteiger partial charge in [0.2, 0.25) is 0 Å². The highest BCUT2D eigenvalue weighted by molar-refractivity contribution is 6.04. The van der Waals surface area contributed by atoms with E-state index in [4.69, 9.17) is 5.73 Å². The zero-order valence-corrected chi connectivity index (χ0v) is 11.5. The van der Waals surface area contributed by atoms with Crippen molar-refractivity contribution in [3.8, 4) is 0 Å². The topological polar surface area (TPSA) is 98.3 Å². The van der Waals surface area contributed by atoms with Gasteiger partial charge in [0, 0.05) is 29.4 Å². The number of aryl methyl sites for hydroxylation is 1. The normalized spacial score (nSPS) is 10.2. The third-order valence-corrected chi connectivity index (χ3v) is 3.12. The van der Waals surface area contributed by atoms with Gasteiger partial charge in [-0.05, 0) is 30.7 Å². The summed E-state index contributed by atoms with van der Waals surface area (Å²) >= 11 is 0. The molecule has 0 saturated carbocycles. The lowest BCUT2D eigenvalue weighted by Gasteiger charge is -2.07. The number of nitrogens with one attached hydrogen (secondary N) is 1. The Morgan fingerprint density at radius 2 is 1.90 bits per heavy atom. The lowest BCUT2D eigenvalue weighted by molar-refractivity contribution is -0.385. The highest BCUT2D eigenvalue weighted by Crippen LogP contribution is 2.22. The number of benzene rings is 2. The molecule has 6 heteroatoms. The Bertz CT molecular complexity index is 681. The van der Waals surface area contributed by atoms with E-state index in [-0.39, 0.29) is 11.6 Å². The molecule has 2 aromatic carbocycles. The molecule has 0 aliphatic carbocycles. The van der Waals surface area contributed by atoms with Gasteiger partial charge in [-0.1, -0.05) is 18.2 Å². The van der Waals surface area contributed by atoms with Crippen LogP contribution in [-0.4, -0.2) is 10.8 Å². The molecule has 6 nitrogen and oxygen atoms in total. The van der Waals surface area contributed by atoms with E-state index in [0.29, 0.717) is 23.4 Å². The quantitative estimate of drug-likeness (QED) is 0.666. The van der Waals surface area contributed by atoms with Crippen LogP contribution in [0.2, 0.25) is 0 Å². The largest absolute Gasteiger partial charge is 0.326 e. The van der Waals surface area contributed by atoms with Crippen LogP contribution in [0.15, 0.2) is 42.5 Å². The number of nitrogens with zero attached hydrogens (tertiary/aromatic N) is 1. The second-order valence-corrected chi connectivity index (χ2v) is 4.61. The van der Waals surface area contributed by atoms with Crippen molar-refractivity contribution in [2.75, 3.05) is 5.32 Å². The fourth-order valence-electron chi connectivity index (χ4n) is 1.88. The van der Waals surface area contributed by atoms with Crippen molar-refractivity contribution in [3.63, 3.8) is 0 Å². The second-order valence-electron chi connectivity index (χ2n) is 4.61. The first kappa shape index (κ1) is 14.7. The maximum atomic E-state index is 12.1. The number of nitro benzene ring substituents is 1. The highest BCUT2D eigenvalue weighted by Gasteiger charge is 2.13. The Kier molecular flexibility index (Phi) is 4.30. The number of anilines is 1. The molecule has 0 aliphatic heterocycles. The lowest BCUT2D eigenvalue weighted by Crippen LogP contribution is -2.12. The number of rotatable bonds is 4. The van der Waals surface area contributed by atoms with Crippen molar-refractivity contribution in [1.29, 1.82) is 0 Å². The van der Waals surface area contributed by atoms with E-state index in [2.05, 4.69) is 5.32 Å². The van der Waals surface area contributed by atoms with Crippen LogP contribution in [-0.2, 0) is 6.54 Å². The van der Waals surface area contributed by atoms with Crippen LogP contribution in [0.5, 0.6) is 0 Å². The zero-order valence-electron chi connectivity index (χ0n) is 11.5. The minimum absolute atomic E-state index is 0.0220. The molecular weight excluding hydrogens is 270 g/mol. The monoisotopic (exact) mass is 285 g/mol. The average molecular weight is 285 g/mol. The number of nitro groups is 1. The van der Waals surface area contributed by atoms with E-state index in [1.54, 1.807) is 43.3 Å². The molecule has 21 heavy (non-hydrogen) atoms. The van der Waals surface area contributed by atoms with E-state index >= 15 is 0 Å². The third-order valence-electron chi connectivity index (χ3n) is 3.12. The van der Waals surface area contributed by atoms with Crippen molar-refractivity contribution >= 4 is 17.3 Å². The minimum atomic E-state index is -0.471.